The molecule has 1 heterocycles. The molecule has 1 aromatic rings. The van der Waals surface area contributed by atoms with Crippen molar-refractivity contribution in [2.24, 2.45) is 5.73 Å². The number of primary amides is 1. The van der Waals surface area contributed by atoms with Crippen LogP contribution in [0.4, 0.5) is 0 Å². The standard InChI is InChI=1S/C12H15N3O2.ClH/c13-11(16)9-1-3-10(4-2-9)12(17)15-7-5-14-6-8-15;/h1-4,14H,5-8H2,(H2,13,16);1H. The second-order valence-corrected chi connectivity index (χ2v) is 3.98. The van der Waals surface area contributed by atoms with E-state index in [1.165, 1.54) is 0 Å². The Hall–Kier alpha value is -1.59. The van der Waals surface area contributed by atoms with Crippen LogP contribution < -0.4 is 11.1 Å². The lowest BCUT2D eigenvalue weighted by Crippen LogP contribution is -2.46. The molecular weight excluding hydrogens is 254 g/mol. The van der Waals surface area contributed by atoms with Crippen LogP contribution >= 0.6 is 12.4 Å². The molecule has 0 aliphatic carbocycles. The van der Waals surface area contributed by atoms with Crippen LogP contribution in [0.1, 0.15) is 20.7 Å². The van der Waals surface area contributed by atoms with Crippen LogP contribution in [0.2, 0.25) is 0 Å². The monoisotopic (exact) mass is 269 g/mol. The van der Waals surface area contributed by atoms with Gasteiger partial charge in [-0.3, -0.25) is 9.59 Å². The highest BCUT2D eigenvalue weighted by Crippen LogP contribution is 2.08. The van der Waals surface area contributed by atoms with Crippen molar-refractivity contribution in [3.05, 3.63) is 35.4 Å². The average molecular weight is 270 g/mol. The maximum Gasteiger partial charge on any atom is 0.253 e. The minimum Gasteiger partial charge on any atom is -0.366 e. The molecule has 1 aromatic carbocycles. The Kier molecular flexibility index (Phi) is 5.12. The van der Waals surface area contributed by atoms with E-state index in [2.05, 4.69) is 5.32 Å². The van der Waals surface area contributed by atoms with Crippen LogP contribution in [0, 0.1) is 0 Å². The fourth-order valence-corrected chi connectivity index (χ4v) is 1.83. The highest BCUT2D eigenvalue weighted by atomic mass is 35.5. The van der Waals surface area contributed by atoms with E-state index in [4.69, 9.17) is 5.73 Å². The van der Waals surface area contributed by atoms with Gasteiger partial charge in [-0.15, -0.1) is 12.4 Å². The summed E-state index contributed by atoms with van der Waals surface area (Å²) in [4.78, 5) is 24.8. The van der Waals surface area contributed by atoms with Crippen molar-refractivity contribution in [2.75, 3.05) is 26.2 Å². The second kappa shape index (κ2) is 6.37. The number of nitrogens with zero attached hydrogens (tertiary/aromatic N) is 1. The first-order valence-electron chi connectivity index (χ1n) is 5.58. The van der Waals surface area contributed by atoms with Gasteiger partial charge in [0.2, 0.25) is 5.91 Å². The molecule has 0 atom stereocenters. The molecule has 98 valence electrons. The Labute approximate surface area is 112 Å². The van der Waals surface area contributed by atoms with E-state index >= 15 is 0 Å². The van der Waals surface area contributed by atoms with Crippen molar-refractivity contribution in [3.8, 4) is 0 Å². The highest BCUT2D eigenvalue weighted by Gasteiger charge is 2.17. The molecule has 6 heteroatoms. The van der Waals surface area contributed by atoms with Gasteiger partial charge >= 0.3 is 0 Å². The largest absolute Gasteiger partial charge is 0.366 e. The number of amides is 2. The van der Waals surface area contributed by atoms with Gasteiger partial charge in [-0.2, -0.15) is 0 Å². The van der Waals surface area contributed by atoms with Gasteiger partial charge in [-0.1, -0.05) is 0 Å². The first kappa shape index (κ1) is 14.5. The molecule has 3 N–H and O–H groups in total. The third kappa shape index (κ3) is 3.21. The van der Waals surface area contributed by atoms with Crippen LogP contribution in [0.3, 0.4) is 0 Å². The van der Waals surface area contributed by atoms with E-state index in [0.29, 0.717) is 11.1 Å². The summed E-state index contributed by atoms with van der Waals surface area (Å²) in [7, 11) is 0. The number of rotatable bonds is 2. The molecule has 2 rings (SSSR count). The van der Waals surface area contributed by atoms with Crippen molar-refractivity contribution in [1.82, 2.24) is 10.2 Å². The zero-order chi connectivity index (χ0) is 12.3. The molecule has 2 amide bonds. The minimum atomic E-state index is -0.480. The summed E-state index contributed by atoms with van der Waals surface area (Å²) in [6.07, 6.45) is 0. The maximum absolute atomic E-state index is 12.1. The van der Waals surface area contributed by atoms with E-state index in [1.807, 2.05) is 0 Å². The summed E-state index contributed by atoms with van der Waals surface area (Å²) in [6, 6.07) is 6.45. The lowest BCUT2D eigenvalue weighted by Gasteiger charge is -2.27. The molecule has 1 saturated heterocycles. The Bertz CT molecular complexity index is 427. The smallest absolute Gasteiger partial charge is 0.253 e. The highest BCUT2D eigenvalue weighted by molar-refractivity contribution is 5.97. The normalized spacial score (nSPS) is 14.8. The van der Waals surface area contributed by atoms with Gasteiger partial charge in [-0.05, 0) is 24.3 Å². The van der Waals surface area contributed by atoms with Crippen molar-refractivity contribution in [2.45, 2.75) is 0 Å². The molecule has 0 bridgehead atoms. The number of hydrogen-bond donors (Lipinski definition) is 2. The quantitative estimate of drug-likeness (QED) is 0.808. The van der Waals surface area contributed by atoms with Crippen molar-refractivity contribution < 1.29 is 9.59 Å². The molecule has 0 radical (unpaired) electrons. The molecule has 1 aliphatic heterocycles. The topological polar surface area (TPSA) is 75.4 Å². The Balaban J connectivity index is 0.00000162. The van der Waals surface area contributed by atoms with Crippen molar-refractivity contribution in [1.29, 1.82) is 0 Å². The van der Waals surface area contributed by atoms with Gasteiger partial charge < -0.3 is 16.0 Å². The van der Waals surface area contributed by atoms with Gasteiger partial charge in [0, 0.05) is 37.3 Å². The van der Waals surface area contributed by atoms with E-state index in [9.17, 15) is 9.59 Å². The second-order valence-electron chi connectivity index (χ2n) is 3.98. The summed E-state index contributed by atoms with van der Waals surface area (Å²) < 4.78 is 0. The zero-order valence-corrected chi connectivity index (χ0v) is 10.7. The third-order valence-electron chi connectivity index (χ3n) is 2.82. The molecule has 1 fully saturated rings. The number of nitrogens with one attached hydrogen (secondary N) is 1. The zero-order valence-electron chi connectivity index (χ0n) is 9.89. The van der Waals surface area contributed by atoms with Gasteiger partial charge in [0.1, 0.15) is 0 Å². The molecule has 0 spiro atoms. The first-order chi connectivity index (χ1) is 8.18. The molecule has 5 nitrogen and oxygen atoms in total. The number of halogens is 1. The number of nitrogens with two attached hydrogens (primary N) is 1. The summed E-state index contributed by atoms with van der Waals surface area (Å²) in [5.74, 6) is -0.478. The average Bonchev–Trinajstić information content (AvgIpc) is 2.39. The van der Waals surface area contributed by atoms with Crippen LogP contribution in [0.15, 0.2) is 24.3 Å². The summed E-state index contributed by atoms with van der Waals surface area (Å²) in [5.41, 5.74) is 6.15. The van der Waals surface area contributed by atoms with Gasteiger partial charge in [-0.25, -0.2) is 0 Å². The number of piperazine rings is 1. The van der Waals surface area contributed by atoms with Crippen molar-refractivity contribution >= 4 is 24.2 Å². The summed E-state index contributed by atoms with van der Waals surface area (Å²) >= 11 is 0. The van der Waals surface area contributed by atoms with Gasteiger partial charge in [0.25, 0.3) is 5.91 Å². The van der Waals surface area contributed by atoms with Crippen LogP contribution in [-0.4, -0.2) is 42.9 Å². The molecule has 0 aromatic heterocycles. The summed E-state index contributed by atoms with van der Waals surface area (Å²) in [5, 5.41) is 3.19. The first-order valence-corrected chi connectivity index (χ1v) is 5.58. The minimum absolute atomic E-state index is 0. The van der Waals surface area contributed by atoms with Crippen LogP contribution in [0.25, 0.3) is 0 Å². The molecule has 0 unspecified atom stereocenters. The maximum atomic E-state index is 12.1. The Morgan fingerprint density at radius 2 is 1.56 bits per heavy atom. The number of carbonyl (C=O) groups is 2. The van der Waals surface area contributed by atoms with Crippen LogP contribution in [0.5, 0.6) is 0 Å². The molecular formula is C12H16ClN3O2. The fraction of sp³-hybridized carbons (Fsp3) is 0.333. The Morgan fingerprint density at radius 1 is 1.06 bits per heavy atom. The third-order valence-corrected chi connectivity index (χ3v) is 2.82. The number of hydrogen-bond acceptors (Lipinski definition) is 3. The van der Waals surface area contributed by atoms with Crippen molar-refractivity contribution in [3.63, 3.8) is 0 Å². The van der Waals surface area contributed by atoms with Crippen LogP contribution in [-0.2, 0) is 0 Å². The van der Waals surface area contributed by atoms with E-state index in [0.717, 1.165) is 26.2 Å². The number of carbonyl (C=O) groups excluding carboxylic acids is 2. The SMILES string of the molecule is Cl.NC(=O)c1ccc(C(=O)N2CCNCC2)cc1. The van der Waals surface area contributed by atoms with Gasteiger partial charge in [0.15, 0.2) is 0 Å². The molecule has 0 saturated carbocycles. The van der Waals surface area contributed by atoms with E-state index < -0.39 is 5.91 Å². The predicted molar refractivity (Wildman–Crippen MR) is 71.0 cm³/mol. The Morgan fingerprint density at radius 3 is 2.06 bits per heavy atom. The molecule has 18 heavy (non-hydrogen) atoms. The predicted octanol–water partition coefficient (Wildman–Crippen LogP) is 0.253. The number of benzene rings is 1. The molecule has 1 aliphatic rings. The van der Waals surface area contributed by atoms with Gasteiger partial charge in [0.05, 0.1) is 0 Å². The van der Waals surface area contributed by atoms with E-state index in [1.54, 1.807) is 29.2 Å². The van der Waals surface area contributed by atoms with E-state index in [-0.39, 0.29) is 18.3 Å². The fourth-order valence-electron chi connectivity index (χ4n) is 1.83. The summed E-state index contributed by atoms with van der Waals surface area (Å²) in [6.45, 7) is 3.09. The lowest BCUT2D eigenvalue weighted by molar-refractivity contribution is 0.0735. The lowest BCUT2D eigenvalue weighted by atomic mass is 10.1.